The molecule has 0 bridgehead atoms. The summed E-state index contributed by atoms with van der Waals surface area (Å²) in [4.78, 5) is 0.238. The van der Waals surface area contributed by atoms with E-state index in [-0.39, 0.29) is 17.4 Å². The minimum atomic E-state index is -3.64. The number of para-hydroxylation sites is 1. The lowest BCUT2D eigenvalue weighted by Crippen LogP contribution is -2.29. The van der Waals surface area contributed by atoms with Crippen LogP contribution >= 0.6 is 11.6 Å². The molecule has 3 aromatic carbocycles. The van der Waals surface area contributed by atoms with Crippen LogP contribution in [0.5, 0.6) is 0 Å². The molecule has 0 amide bonds. The molecule has 0 saturated heterocycles. The van der Waals surface area contributed by atoms with Gasteiger partial charge < -0.3 is 4.42 Å². The standard InChI is InChI=1S/C23H20ClNO3S/c1-16-6-12-20(13-7-16)29(26,27)25-15-21(17-8-10-19(24)11-9-17)23-14-18-4-2-3-5-22(18)28-23/h2-14,21,25H,15H2,1H3. The van der Waals surface area contributed by atoms with Crippen LogP contribution in [0.25, 0.3) is 11.0 Å². The first kappa shape index (κ1) is 19.7. The molecule has 148 valence electrons. The molecule has 0 radical (unpaired) electrons. The molecule has 0 saturated carbocycles. The van der Waals surface area contributed by atoms with Gasteiger partial charge in [0.1, 0.15) is 11.3 Å². The number of hydrogen-bond donors (Lipinski definition) is 1. The average Bonchev–Trinajstić information content (AvgIpc) is 3.13. The first-order valence-electron chi connectivity index (χ1n) is 9.23. The summed E-state index contributed by atoms with van der Waals surface area (Å²) in [5.74, 6) is 0.403. The van der Waals surface area contributed by atoms with Crippen LogP contribution < -0.4 is 4.72 Å². The predicted octanol–water partition coefficient (Wildman–Crippen LogP) is 5.51. The fourth-order valence-electron chi connectivity index (χ4n) is 3.25. The van der Waals surface area contributed by atoms with E-state index in [9.17, 15) is 8.42 Å². The average molecular weight is 426 g/mol. The third-order valence-electron chi connectivity index (χ3n) is 4.87. The van der Waals surface area contributed by atoms with Gasteiger partial charge in [-0.1, -0.05) is 59.6 Å². The lowest BCUT2D eigenvalue weighted by molar-refractivity contribution is 0.511. The third-order valence-corrected chi connectivity index (χ3v) is 6.56. The molecule has 0 spiro atoms. The van der Waals surface area contributed by atoms with Crippen molar-refractivity contribution in [2.24, 2.45) is 0 Å². The van der Waals surface area contributed by atoms with Gasteiger partial charge in [0.2, 0.25) is 10.0 Å². The number of hydrogen-bond acceptors (Lipinski definition) is 3. The molecular weight excluding hydrogens is 406 g/mol. The van der Waals surface area contributed by atoms with Crippen LogP contribution in [0.1, 0.15) is 22.8 Å². The van der Waals surface area contributed by atoms with Crippen LogP contribution in [0.3, 0.4) is 0 Å². The van der Waals surface area contributed by atoms with Crippen molar-refractivity contribution in [1.82, 2.24) is 4.72 Å². The lowest BCUT2D eigenvalue weighted by atomic mass is 9.96. The molecular formula is C23H20ClNO3S. The van der Waals surface area contributed by atoms with Gasteiger partial charge in [-0.15, -0.1) is 0 Å². The van der Waals surface area contributed by atoms with Crippen molar-refractivity contribution in [3.63, 3.8) is 0 Å². The highest BCUT2D eigenvalue weighted by molar-refractivity contribution is 7.89. The predicted molar refractivity (Wildman–Crippen MR) is 116 cm³/mol. The maximum absolute atomic E-state index is 12.8. The van der Waals surface area contributed by atoms with E-state index in [4.69, 9.17) is 16.0 Å². The second kappa shape index (κ2) is 8.03. The van der Waals surface area contributed by atoms with Gasteiger partial charge >= 0.3 is 0 Å². The third kappa shape index (κ3) is 4.37. The lowest BCUT2D eigenvalue weighted by Gasteiger charge is -2.16. The van der Waals surface area contributed by atoms with Crippen LogP contribution in [0.4, 0.5) is 0 Å². The van der Waals surface area contributed by atoms with Gasteiger partial charge in [-0.2, -0.15) is 0 Å². The summed E-state index contributed by atoms with van der Waals surface area (Å²) in [6.07, 6.45) is 0. The molecule has 0 aliphatic rings. The zero-order chi connectivity index (χ0) is 20.4. The zero-order valence-corrected chi connectivity index (χ0v) is 17.4. The minimum absolute atomic E-state index is 0.164. The first-order valence-corrected chi connectivity index (χ1v) is 11.1. The van der Waals surface area contributed by atoms with E-state index >= 15 is 0 Å². The number of fused-ring (bicyclic) bond motifs is 1. The van der Waals surface area contributed by atoms with Gasteiger partial charge in [0.15, 0.2) is 0 Å². The number of furan rings is 1. The normalized spacial score (nSPS) is 12.9. The number of rotatable bonds is 6. The number of benzene rings is 3. The van der Waals surface area contributed by atoms with Gasteiger partial charge in [-0.25, -0.2) is 13.1 Å². The highest BCUT2D eigenvalue weighted by Gasteiger charge is 2.22. The molecule has 0 fully saturated rings. The summed E-state index contributed by atoms with van der Waals surface area (Å²) in [5, 5.41) is 1.60. The van der Waals surface area contributed by atoms with Crippen LogP contribution in [0.15, 0.2) is 88.2 Å². The Morgan fingerprint density at radius 2 is 1.66 bits per heavy atom. The Balaban J connectivity index is 1.67. The van der Waals surface area contributed by atoms with Crippen molar-refractivity contribution in [3.05, 3.63) is 101 Å². The fourth-order valence-corrected chi connectivity index (χ4v) is 4.42. The summed E-state index contributed by atoms with van der Waals surface area (Å²) >= 11 is 6.03. The number of nitrogens with one attached hydrogen (secondary N) is 1. The second-order valence-electron chi connectivity index (χ2n) is 6.96. The SMILES string of the molecule is Cc1ccc(S(=O)(=O)NCC(c2ccc(Cl)cc2)c2cc3ccccc3o2)cc1. The van der Waals surface area contributed by atoms with Gasteiger partial charge in [0, 0.05) is 17.0 Å². The first-order chi connectivity index (χ1) is 13.9. The largest absolute Gasteiger partial charge is 0.460 e. The Morgan fingerprint density at radius 1 is 0.966 bits per heavy atom. The number of halogens is 1. The summed E-state index contributed by atoms with van der Waals surface area (Å²) in [5.41, 5.74) is 2.69. The monoisotopic (exact) mass is 425 g/mol. The van der Waals surface area contributed by atoms with Crippen LogP contribution in [0.2, 0.25) is 5.02 Å². The van der Waals surface area contributed by atoms with Crippen LogP contribution in [-0.4, -0.2) is 15.0 Å². The summed E-state index contributed by atoms with van der Waals surface area (Å²) in [6, 6.07) is 23.8. The van der Waals surface area contributed by atoms with E-state index in [2.05, 4.69) is 4.72 Å². The van der Waals surface area contributed by atoms with E-state index in [0.717, 1.165) is 22.1 Å². The van der Waals surface area contributed by atoms with Crippen molar-refractivity contribution >= 4 is 32.6 Å². The highest BCUT2D eigenvalue weighted by atomic mass is 35.5. The van der Waals surface area contributed by atoms with E-state index in [0.29, 0.717) is 10.8 Å². The van der Waals surface area contributed by atoms with Crippen molar-refractivity contribution in [2.45, 2.75) is 17.7 Å². The molecule has 1 atom stereocenters. The fraction of sp³-hybridized carbons (Fsp3) is 0.130. The summed E-state index contributed by atoms with van der Waals surface area (Å²) in [6.45, 7) is 2.08. The second-order valence-corrected chi connectivity index (χ2v) is 9.16. The molecule has 1 aromatic heterocycles. The Labute approximate surface area is 175 Å². The quantitative estimate of drug-likeness (QED) is 0.443. The Hall–Kier alpha value is -2.60. The number of sulfonamides is 1. The highest BCUT2D eigenvalue weighted by Crippen LogP contribution is 2.30. The Kier molecular flexibility index (Phi) is 5.46. The molecule has 1 heterocycles. The van der Waals surface area contributed by atoms with Crippen molar-refractivity contribution in [3.8, 4) is 0 Å². The summed E-state index contributed by atoms with van der Waals surface area (Å²) in [7, 11) is -3.64. The molecule has 0 aliphatic carbocycles. The van der Waals surface area contributed by atoms with Crippen LogP contribution in [0, 0.1) is 6.92 Å². The molecule has 4 aromatic rings. The maximum Gasteiger partial charge on any atom is 0.240 e. The van der Waals surface area contributed by atoms with E-state index in [1.165, 1.54) is 0 Å². The summed E-state index contributed by atoms with van der Waals surface area (Å²) < 4.78 is 34.3. The topological polar surface area (TPSA) is 59.3 Å². The van der Waals surface area contributed by atoms with Gasteiger partial charge in [0.25, 0.3) is 0 Å². The molecule has 0 aliphatic heterocycles. The van der Waals surface area contributed by atoms with E-state index in [1.54, 1.807) is 36.4 Å². The minimum Gasteiger partial charge on any atom is -0.460 e. The van der Waals surface area contributed by atoms with Crippen molar-refractivity contribution < 1.29 is 12.8 Å². The van der Waals surface area contributed by atoms with Gasteiger partial charge in [0.05, 0.1) is 10.8 Å². The molecule has 6 heteroatoms. The molecule has 29 heavy (non-hydrogen) atoms. The van der Waals surface area contributed by atoms with Gasteiger partial charge in [-0.05, 0) is 48.9 Å². The molecule has 1 N–H and O–H groups in total. The zero-order valence-electron chi connectivity index (χ0n) is 15.8. The molecule has 1 unspecified atom stereocenters. The van der Waals surface area contributed by atoms with E-state index in [1.807, 2.05) is 49.4 Å². The maximum atomic E-state index is 12.8. The smallest absolute Gasteiger partial charge is 0.240 e. The van der Waals surface area contributed by atoms with E-state index < -0.39 is 10.0 Å². The van der Waals surface area contributed by atoms with Crippen molar-refractivity contribution in [2.75, 3.05) is 6.54 Å². The van der Waals surface area contributed by atoms with Crippen molar-refractivity contribution in [1.29, 1.82) is 0 Å². The number of aryl methyl sites for hydroxylation is 1. The van der Waals surface area contributed by atoms with Crippen LogP contribution in [-0.2, 0) is 10.0 Å². The van der Waals surface area contributed by atoms with Gasteiger partial charge in [-0.3, -0.25) is 0 Å². The molecule has 4 nitrogen and oxygen atoms in total. The Morgan fingerprint density at radius 3 is 2.34 bits per heavy atom. The Bertz CT molecular complexity index is 1200. The molecule has 4 rings (SSSR count).